The molecule has 0 aromatic carbocycles. The van der Waals surface area contributed by atoms with Crippen LogP contribution in [0, 0.1) is 6.92 Å². The molecule has 1 aliphatic heterocycles. The zero-order chi connectivity index (χ0) is 11.5. The van der Waals surface area contributed by atoms with Crippen molar-refractivity contribution in [1.29, 1.82) is 0 Å². The molecule has 4 heteroatoms. The fourth-order valence-corrected chi connectivity index (χ4v) is 2.35. The Balaban J connectivity index is 2.17. The Morgan fingerprint density at radius 2 is 2.44 bits per heavy atom. The van der Waals surface area contributed by atoms with E-state index >= 15 is 0 Å². The molecule has 1 unspecified atom stereocenters. The minimum Gasteiger partial charge on any atom is -0.341 e. The fraction of sp³-hybridized carbons (Fsp3) is 0.750. The van der Waals surface area contributed by atoms with Gasteiger partial charge < -0.3 is 14.8 Å². The highest BCUT2D eigenvalue weighted by Gasteiger charge is 2.22. The predicted octanol–water partition coefficient (Wildman–Crippen LogP) is 1.40. The Morgan fingerprint density at radius 1 is 1.62 bits per heavy atom. The quantitative estimate of drug-likeness (QED) is 0.836. The molecule has 4 nitrogen and oxygen atoms in total. The number of rotatable bonds is 4. The maximum atomic E-state index is 4.63. The third-order valence-electron chi connectivity index (χ3n) is 3.24. The highest BCUT2D eigenvalue weighted by Crippen LogP contribution is 2.18. The molecule has 16 heavy (non-hydrogen) atoms. The van der Waals surface area contributed by atoms with E-state index < -0.39 is 0 Å². The largest absolute Gasteiger partial charge is 0.341 e. The summed E-state index contributed by atoms with van der Waals surface area (Å²) in [7, 11) is 2.16. The van der Waals surface area contributed by atoms with E-state index in [0.29, 0.717) is 6.04 Å². The summed E-state index contributed by atoms with van der Waals surface area (Å²) in [6.45, 7) is 7.53. The topological polar surface area (TPSA) is 33.1 Å². The number of anilines is 1. The average molecular weight is 222 g/mol. The summed E-state index contributed by atoms with van der Waals surface area (Å²) < 4.78 is 2.27. The van der Waals surface area contributed by atoms with Gasteiger partial charge in [-0.15, -0.1) is 0 Å². The molecular formula is C12H22N4. The van der Waals surface area contributed by atoms with Gasteiger partial charge in [0.1, 0.15) is 0 Å². The molecule has 0 radical (unpaired) electrons. The van der Waals surface area contributed by atoms with Crippen molar-refractivity contribution in [3.63, 3.8) is 0 Å². The first-order chi connectivity index (χ1) is 7.72. The second kappa shape index (κ2) is 4.87. The van der Waals surface area contributed by atoms with E-state index in [9.17, 15) is 0 Å². The molecule has 2 rings (SSSR count). The van der Waals surface area contributed by atoms with E-state index in [4.69, 9.17) is 0 Å². The molecule has 1 fully saturated rings. The molecule has 0 bridgehead atoms. The lowest BCUT2D eigenvalue weighted by molar-refractivity contribution is 0.616. The van der Waals surface area contributed by atoms with Crippen LogP contribution in [0.5, 0.6) is 0 Å². The number of hydrogen-bond acceptors (Lipinski definition) is 3. The van der Waals surface area contributed by atoms with Crippen LogP contribution < -0.4 is 10.2 Å². The first-order valence-corrected chi connectivity index (χ1v) is 6.19. The second-order valence-corrected chi connectivity index (χ2v) is 4.63. The van der Waals surface area contributed by atoms with Gasteiger partial charge in [0.05, 0.1) is 5.69 Å². The number of aromatic nitrogens is 2. The molecular weight excluding hydrogens is 200 g/mol. The lowest BCUT2D eigenvalue weighted by Crippen LogP contribution is -2.35. The molecule has 0 saturated carbocycles. The first-order valence-electron chi connectivity index (χ1n) is 6.19. The number of aryl methyl sites for hydroxylation is 2. The second-order valence-electron chi connectivity index (χ2n) is 4.63. The standard InChI is InChI=1S/C12H22N4/c1-4-7-16-9-10(2)14-12(16)15(3)11-5-6-13-8-11/h9,11,13H,4-8H2,1-3H3. The Bertz CT molecular complexity index is 339. The third kappa shape index (κ3) is 2.21. The molecule has 2 heterocycles. The van der Waals surface area contributed by atoms with Crippen LogP contribution in [0.3, 0.4) is 0 Å². The van der Waals surface area contributed by atoms with Gasteiger partial charge in [-0.2, -0.15) is 0 Å². The minimum atomic E-state index is 0.595. The van der Waals surface area contributed by atoms with Crippen LogP contribution in [0.1, 0.15) is 25.5 Å². The monoisotopic (exact) mass is 222 g/mol. The number of imidazole rings is 1. The van der Waals surface area contributed by atoms with Gasteiger partial charge in [0, 0.05) is 32.4 Å². The maximum absolute atomic E-state index is 4.63. The van der Waals surface area contributed by atoms with E-state index in [1.165, 1.54) is 6.42 Å². The molecule has 1 saturated heterocycles. The van der Waals surface area contributed by atoms with Crippen molar-refractivity contribution in [2.75, 3.05) is 25.0 Å². The lowest BCUT2D eigenvalue weighted by Gasteiger charge is -2.25. The van der Waals surface area contributed by atoms with Crippen LogP contribution in [0.4, 0.5) is 5.95 Å². The Morgan fingerprint density at radius 3 is 3.06 bits per heavy atom. The Hall–Kier alpha value is -1.03. The fourth-order valence-electron chi connectivity index (χ4n) is 2.35. The smallest absolute Gasteiger partial charge is 0.205 e. The summed E-state index contributed by atoms with van der Waals surface area (Å²) >= 11 is 0. The lowest BCUT2D eigenvalue weighted by atomic mass is 10.2. The molecule has 0 spiro atoms. The van der Waals surface area contributed by atoms with Crippen LogP contribution in [0.15, 0.2) is 6.20 Å². The van der Waals surface area contributed by atoms with Crippen molar-refractivity contribution in [3.05, 3.63) is 11.9 Å². The summed E-state index contributed by atoms with van der Waals surface area (Å²) in [6.07, 6.45) is 4.52. The van der Waals surface area contributed by atoms with Gasteiger partial charge in [0.15, 0.2) is 0 Å². The first kappa shape index (κ1) is 11.5. The number of likely N-dealkylation sites (N-methyl/N-ethyl adjacent to an activating group) is 1. The zero-order valence-corrected chi connectivity index (χ0v) is 10.5. The van der Waals surface area contributed by atoms with Crippen LogP contribution in [0.2, 0.25) is 0 Å². The van der Waals surface area contributed by atoms with Gasteiger partial charge in [-0.05, 0) is 26.3 Å². The van der Waals surface area contributed by atoms with E-state index in [1.807, 2.05) is 0 Å². The zero-order valence-electron chi connectivity index (χ0n) is 10.5. The van der Waals surface area contributed by atoms with E-state index in [1.54, 1.807) is 0 Å². The van der Waals surface area contributed by atoms with Crippen molar-refractivity contribution >= 4 is 5.95 Å². The van der Waals surface area contributed by atoms with Gasteiger partial charge in [-0.25, -0.2) is 4.98 Å². The van der Waals surface area contributed by atoms with Gasteiger partial charge in [0.2, 0.25) is 5.95 Å². The van der Waals surface area contributed by atoms with Crippen molar-refractivity contribution in [3.8, 4) is 0 Å². The molecule has 1 aromatic rings. The summed E-state index contributed by atoms with van der Waals surface area (Å²) in [4.78, 5) is 6.96. The van der Waals surface area contributed by atoms with Gasteiger partial charge in [0.25, 0.3) is 0 Å². The van der Waals surface area contributed by atoms with Gasteiger partial charge in [-0.1, -0.05) is 6.92 Å². The summed E-state index contributed by atoms with van der Waals surface area (Å²) in [5.41, 5.74) is 1.11. The molecule has 1 aliphatic rings. The van der Waals surface area contributed by atoms with Crippen LogP contribution >= 0.6 is 0 Å². The number of nitrogens with one attached hydrogen (secondary N) is 1. The Labute approximate surface area is 97.7 Å². The minimum absolute atomic E-state index is 0.595. The number of hydrogen-bond donors (Lipinski definition) is 1. The summed E-state index contributed by atoms with van der Waals surface area (Å²) in [5.74, 6) is 1.12. The van der Waals surface area contributed by atoms with Crippen molar-refractivity contribution < 1.29 is 0 Å². The third-order valence-corrected chi connectivity index (χ3v) is 3.24. The van der Waals surface area contributed by atoms with Crippen molar-refractivity contribution in [1.82, 2.24) is 14.9 Å². The van der Waals surface area contributed by atoms with Crippen LogP contribution in [0.25, 0.3) is 0 Å². The van der Waals surface area contributed by atoms with E-state index in [0.717, 1.165) is 37.7 Å². The molecule has 0 amide bonds. The number of nitrogens with zero attached hydrogens (tertiary/aromatic N) is 3. The molecule has 1 atom stereocenters. The van der Waals surface area contributed by atoms with E-state index in [-0.39, 0.29) is 0 Å². The molecule has 1 aromatic heterocycles. The summed E-state index contributed by atoms with van der Waals surface area (Å²) in [5, 5.41) is 3.40. The molecule has 0 aliphatic carbocycles. The average Bonchev–Trinajstić information content (AvgIpc) is 2.87. The summed E-state index contributed by atoms with van der Waals surface area (Å²) in [6, 6.07) is 0.595. The highest BCUT2D eigenvalue weighted by molar-refractivity contribution is 5.34. The van der Waals surface area contributed by atoms with Crippen molar-refractivity contribution in [2.24, 2.45) is 0 Å². The van der Waals surface area contributed by atoms with Crippen molar-refractivity contribution in [2.45, 2.75) is 39.3 Å². The normalized spacial score (nSPS) is 20.3. The highest BCUT2D eigenvalue weighted by atomic mass is 15.3. The van der Waals surface area contributed by atoms with Crippen LogP contribution in [-0.4, -0.2) is 35.7 Å². The van der Waals surface area contributed by atoms with Gasteiger partial charge in [-0.3, -0.25) is 0 Å². The van der Waals surface area contributed by atoms with E-state index in [2.05, 4.69) is 46.9 Å². The predicted molar refractivity (Wildman–Crippen MR) is 66.9 cm³/mol. The van der Waals surface area contributed by atoms with Crippen LogP contribution in [-0.2, 0) is 6.54 Å². The SMILES string of the molecule is CCCn1cc(C)nc1N(C)C1CCNC1. The Kier molecular flexibility index (Phi) is 3.49. The molecule has 1 N–H and O–H groups in total. The molecule has 90 valence electrons. The maximum Gasteiger partial charge on any atom is 0.205 e. The van der Waals surface area contributed by atoms with Gasteiger partial charge >= 0.3 is 0 Å².